The zero-order valence-corrected chi connectivity index (χ0v) is 17.9. The van der Waals surface area contributed by atoms with Crippen molar-refractivity contribution in [2.24, 2.45) is 0 Å². The molecule has 1 aliphatic heterocycles. The maximum atomic E-state index is 12.4. The largest absolute Gasteiger partial charge is 0.486 e. The van der Waals surface area contributed by atoms with Crippen LogP contribution in [0.3, 0.4) is 0 Å². The molecular formula is C26H23NO6. The van der Waals surface area contributed by atoms with E-state index in [2.05, 4.69) is 5.32 Å². The minimum absolute atomic E-state index is 0.0230. The van der Waals surface area contributed by atoms with Crippen molar-refractivity contribution in [3.63, 3.8) is 0 Å². The van der Waals surface area contributed by atoms with Gasteiger partial charge in [-0.25, -0.2) is 0 Å². The fourth-order valence-electron chi connectivity index (χ4n) is 3.29. The van der Waals surface area contributed by atoms with Gasteiger partial charge in [0.25, 0.3) is 5.91 Å². The van der Waals surface area contributed by atoms with Crippen LogP contribution in [0.4, 0.5) is 5.69 Å². The Morgan fingerprint density at radius 2 is 1.48 bits per heavy atom. The first kappa shape index (κ1) is 22.1. The highest BCUT2D eigenvalue weighted by Crippen LogP contribution is 2.31. The van der Waals surface area contributed by atoms with Crippen molar-refractivity contribution in [1.29, 1.82) is 0 Å². The van der Waals surface area contributed by atoms with Crippen LogP contribution in [0.1, 0.15) is 39.1 Å². The van der Waals surface area contributed by atoms with E-state index in [9.17, 15) is 14.4 Å². The summed E-state index contributed by atoms with van der Waals surface area (Å²) < 4.78 is 16.2. The summed E-state index contributed by atoms with van der Waals surface area (Å²) in [7, 11) is 0. The molecule has 0 atom stereocenters. The number of rotatable bonds is 8. The normalized spacial score (nSPS) is 12.0. The topological polar surface area (TPSA) is 90.9 Å². The van der Waals surface area contributed by atoms with Crippen molar-refractivity contribution in [3.8, 4) is 11.5 Å². The van der Waals surface area contributed by atoms with Gasteiger partial charge in [0, 0.05) is 23.2 Å². The number of Topliss-reactive ketones (excluding diaryl/α,β-unsaturated/α-hetero) is 1. The van der Waals surface area contributed by atoms with Crippen LogP contribution in [-0.4, -0.2) is 30.9 Å². The second-order valence-electron chi connectivity index (χ2n) is 7.46. The Morgan fingerprint density at radius 1 is 0.788 bits per heavy atom. The van der Waals surface area contributed by atoms with E-state index in [1.165, 1.54) is 0 Å². The number of hydrogen-bond donors (Lipinski definition) is 1. The van der Waals surface area contributed by atoms with Crippen LogP contribution >= 0.6 is 0 Å². The van der Waals surface area contributed by atoms with Gasteiger partial charge in [-0.15, -0.1) is 0 Å². The Labute approximate surface area is 191 Å². The first-order valence-electron chi connectivity index (χ1n) is 10.6. The van der Waals surface area contributed by atoms with E-state index in [0.29, 0.717) is 41.5 Å². The lowest BCUT2D eigenvalue weighted by Gasteiger charge is -2.18. The number of para-hydroxylation sites is 1. The average Bonchev–Trinajstić information content (AvgIpc) is 2.86. The van der Waals surface area contributed by atoms with E-state index in [0.717, 1.165) is 5.56 Å². The molecule has 7 nitrogen and oxygen atoms in total. The molecule has 0 radical (unpaired) electrons. The van der Waals surface area contributed by atoms with Crippen LogP contribution in [0, 0.1) is 0 Å². The predicted molar refractivity (Wildman–Crippen MR) is 122 cm³/mol. The molecular weight excluding hydrogens is 422 g/mol. The number of benzene rings is 3. The molecule has 0 unspecified atom stereocenters. The average molecular weight is 445 g/mol. The van der Waals surface area contributed by atoms with Gasteiger partial charge in [-0.05, 0) is 48.0 Å². The van der Waals surface area contributed by atoms with Crippen LogP contribution in [0.15, 0.2) is 72.8 Å². The number of carbonyl (C=O) groups excluding carboxylic acids is 3. The monoisotopic (exact) mass is 445 g/mol. The molecule has 33 heavy (non-hydrogen) atoms. The molecule has 1 amide bonds. The lowest BCUT2D eigenvalue weighted by atomic mass is 10.1. The molecule has 4 rings (SSSR count). The van der Waals surface area contributed by atoms with Crippen molar-refractivity contribution in [1.82, 2.24) is 0 Å². The van der Waals surface area contributed by atoms with E-state index < -0.39 is 5.97 Å². The van der Waals surface area contributed by atoms with E-state index in [1.54, 1.807) is 42.5 Å². The molecule has 168 valence electrons. The van der Waals surface area contributed by atoms with E-state index in [4.69, 9.17) is 14.2 Å². The smallest absolute Gasteiger partial charge is 0.306 e. The highest BCUT2D eigenvalue weighted by atomic mass is 16.6. The molecule has 3 aromatic rings. The molecule has 0 fully saturated rings. The zero-order chi connectivity index (χ0) is 23.0. The predicted octanol–water partition coefficient (Wildman–Crippen LogP) is 4.42. The number of anilines is 1. The van der Waals surface area contributed by atoms with Crippen molar-refractivity contribution in [2.45, 2.75) is 19.4 Å². The molecule has 0 bridgehead atoms. The Hall–Kier alpha value is -4.13. The molecule has 1 aliphatic rings. The number of ether oxygens (including phenoxy) is 3. The summed E-state index contributed by atoms with van der Waals surface area (Å²) >= 11 is 0. The first-order valence-corrected chi connectivity index (χ1v) is 10.6. The first-order chi connectivity index (χ1) is 16.1. The molecule has 0 spiro atoms. The number of amides is 1. The van der Waals surface area contributed by atoms with Crippen LogP contribution in [0.2, 0.25) is 0 Å². The molecule has 7 heteroatoms. The summed E-state index contributed by atoms with van der Waals surface area (Å²) in [5.41, 5.74) is 2.43. The Bertz CT molecular complexity index is 1140. The fraction of sp³-hybridized carbons (Fsp3) is 0.192. The van der Waals surface area contributed by atoms with Crippen molar-refractivity contribution in [3.05, 3.63) is 89.5 Å². The number of fused-ring (bicyclic) bond motifs is 1. The lowest BCUT2D eigenvalue weighted by molar-refractivity contribution is -0.144. The van der Waals surface area contributed by atoms with Crippen LogP contribution in [0.5, 0.6) is 11.5 Å². The number of esters is 1. The minimum atomic E-state index is -0.466. The van der Waals surface area contributed by atoms with Gasteiger partial charge in [0.1, 0.15) is 19.8 Å². The summed E-state index contributed by atoms with van der Waals surface area (Å²) in [6, 6.07) is 21.0. The quantitative estimate of drug-likeness (QED) is 0.408. The van der Waals surface area contributed by atoms with Gasteiger partial charge in [-0.2, -0.15) is 0 Å². The third kappa shape index (κ3) is 5.98. The molecule has 0 saturated carbocycles. The van der Waals surface area contributed by atoms with E-state index in [-0.39, 0.29) is 31.1 Å². The van der Waals surface area contributed by atoms with Gasteiger partial charge in [-0.1, -0.05) is 30.3 Å². The third-order valence-corrected chi connectivity index (χ3v) is 5.07. The summed E-state index contributed by atoms with van der Waals surface area (Å²) in [5, 5.41) is 2.81. The summed E-state index contributed by atoms with van der Waals surface area (Å²) in [6.45, 7) is 0.989. The Balaban J connectivity index is 1.22. The van der Waals surface area contributed by atoms with Crippen LogP contribution < -0.4 is 14.8 Å². The number of hydrogen-bond acceptors (Lipinski definition) is 6. The molecule has 1 heterocycles. The fourth-order valence-corrected chi connectivity index (χ4v) is 3.29. The minimum Gasteiger partial charge on any atom is -0.486 e. The second kappa shape index (κ2) is 10.5. The second-order valence-corrected chi connectivity index (χ2v) is 7.46. The van der Waals surface area contributed by atoms with Crippen molar-refractivity contribution >= 4 is 23.3 Å². The van der Waals surface area contributed by atoms with Gasteiger partial charge < -0.3 is 19.5 Å². The number of carbonyl (C=O) groups is 3. The maximum absolute atomic E-state index is 12.4. The van der Waals surface area contributed by atoms with Crippen LogP contribution in [-0.2, 0) is 16.1 Å². The van der Waals surface area contributed by atoms with Gasteiger partial charge in [0.2, 0.25) is 0 Å². The zero-order valence-electron chi connectivity index (χ0n) is 17.9. The van der Waals surface area contributed by atoms with E-state index >= 15 is 0 Å². The van der Waals surface area contributed by atoms with Gasteiger partial charge in [0.05, 0.1) is 6.42 Å². The number of nitrogens with one attached hydrogen (secondary N) is 1. The molecule has 0 saturated heterocycles. The SMILES string of the molecule is O=C(CCC(=O)c1ccc2c(c1)OCCO2)OCc1ccc(C(=O)Nc2ccccc2)cc1. The van der Waals surface area contributed by atoms with Crippen molar-refractivity contribution in [2.75, 3.05) is 18.5 Å². The summed E-state index contributed by atoms with van der Waals surface area (Å²) in [5.74, 6) is 0.295. The third-order valence-electron chi connectivity index (χ3n) is 5.07. The van der Waals surface area contributed by atoms with Gasteiger partial charge in [-0.3, -0.25) is 14.4 Å². The van der Waals surface area contributed by atoms with E-state index in [1.807, 2.05) is 30.3 Å². The van der Waals surface area contributed by atoms with Gasteiger partial charge in [0.15, 0.2) is 17.3 Å². The maximum Gasteiger partial charge on any atom is 0.306 e. The molecule has 1 N–H and O–H groups in total. The van der Waals surface area contributed by atoms with Gasteiger partial charge >= 0.3 is 5.97 Å². The van der Waals surface area contributed by atoms with Crippen LogP contribution in [0.25, 0.3) is 0 Å². The standard InChI is InChI=1S/C26H23NO6/c28-22(20-10-12-23-24(16-20)32-15-14-31-23)11-13-25(29)33-17-18-6-8-19(9-7-18)26(30)27-21-4-2-1-3-5-21/h1-10,12,16H,11,13-15,17H2,(H,27,30). The Kier molecular flexibility index (Phi) is 6.99. The Morgan fingerprint density at radius 3 is 2.24 bits per heavy atom. The molecule has 0 aliphatic carbocycles. The highest BCUT2D eigenvalue weighted by Gasteiger charge is 2.16. The number of ketones is 1. The van der Waals surface area contributed by atoms with Crippen molar-refractivity contribution < 1.29 is 28.6 Å². The molecule has 3 aromatic carbocycles. The lowest BCUT2D eigenvalue weighted by Crippen LogP contribution is -2.16. The molecule has 0 aromatic heterocycles. The summed E-state index contributed by atoms with van der Waals surface area (Å²) in [4.78, 5) is 36.8. The highest BCUT2D eigenvalue weighted by molar-refractivity contribution is 6.04. The summed E-state index contributed by atoms with van der Waals surface area (Å²) in [6.07, 6.45) is 0.0158.